The molecule has 0 aliphatic heterocycles. The summed E-state index contributed by atoms with van der Waals surface area (Å²) in [6.45, 7) is 2.07. The molecule has 1 aromatic carbocycles. The number of benzene rings is 1. The van der Waals surface area contributed by atoms with Gasteiger partial charge in [0.2, 0.25) is 5.95 Å². The van der Waals surface area contributed by atoms with E-state index in [1.165, 1.54) is 11.1 Å². The van der Waals surface area contributed by atoms with Crippen molar-refractivity contribution in [2.45, 2.75) is 13.3 Å². The van der Waals surface area contributed by atoms with Gasteiger partial charge in [0.05, 0.1) is 0 Å². The van der Waals surface area contributed by atoms with Gasteiger partial charge in [-0.25, -0.2) is 0 Å². The van der Waals surface area contributed by atoms with Crippen LogP contribution in [-0.2, 0) is 6.42 Å². The van der Waals surface area contributed by atoms with Crippen LogP contribution >= 0.6 is 0 Å². The van der Waals surface area contributed by atoms with Crippen LogP contribution < -0.4 is 5.73 Å². The summed E-state index contributed by atoms with van der Waals surface area (Å²) in [5.41, 5.74) is 7.86. The number of nitrogens with one attached hydrogen (secondary N) is 1. The number of aromatic nitrogens is 3. The third-order valence-electron chi connectivity index (χ3n) is 2.00. The third kappa shape index (κ3) is 1.90. The highest BCUT2D eigenvalue weighted by atomic mass is 15.3. The highest BCUT2D eigenvalue weighted by molar-refractivity contribution is 5.25. The summed E-state index contributed by atoms with van der Waals surface area (Å²) in [6.07, 6.45) is 0.742. The van der Waals surface area contributed by atoms with Crippen LogP contribution in [0.4, 0.5) is 5.95 Å². The predicted molar refractivity (Wildman–Crippen MR) is 54.8 cm³/mol. The first-order chi connectivity index (χ1) is 6.74. The SMILES string of the molecule is Cc1cccc(Cc2nc(N)n[nH]2)c1. The average molecular weight is 188 g/mol. The molecule has 0 atom stereocenters. The highest BCUT2D eigenvalue weighted by Gasteiger charge is 2.00. The zero-order valence-corrected chi connectivity index (χ0v) is 7.99. The lowest BCUT2D eigenvalue weighted by molar-refractivity contribution is 0.971. The van der Waals surface area contributed by atoms with Gasteiger partial charge in [-0.1, -0.05) is 29.8 Å². The summed E-state index contributed by atoms with van der Waals surface area (Å²) in [6, 6.07) is 8.28. The molecule has 2 aromatic rings. The van der Waals surface area contributed by atoms with E-state index >= 15 is 0 Å². The number of H-pyrrole nitrogens is 1. The lowest BCUT2D eigenvalue weighted by atomic mass is 10.1. The van der Waals surface area contributed by atoms with E-state index in [1.54, 1.807) is 0 Å². The molecule has 0 fully saturated rings. The third-order valence-corrected chi connectivity index (χ3v) is 2.00. The first-order valence-corrected chi connectivity index (χ1v) is 4.46. The van der Waals surface area contributed by atoms with Crippen molar-refractivity contribution in [1.82, 2.24) is 15.2 Å². The Kier molecular flexibility index (Phi) is 2.18. The highest BCUT2D eigenvalue weighted by Crippen LogP contribution is 2.08. The molecule has 0 saturated carbocycles. The van der Waals surface area contributed by atoms with Crippen molar-refractivity contribution in [3.63, 3.8) is 0 Å². The molecule has 0 amide bonds. The van der Waals surface area contributed by atoms with Crippen molar-refractivity contribution >= 4 is 5.95 Å². The summed E-state index contributed by atoms with van der Waals surface area (Å²) < 4.78 is 0. The van der Waals surface area contributed by atoms with Gasteiger partial charge >= 0.3 is 0 Å². The van der Waals surface area contributed by atoms with Crippen molar-refractivity contribution in [3.05, 3.63) is 41.2 Å². The van der Waals surface area contributed by atoms with Crippen LogP contribution in [0.5, 0.6) is 0 Å². The normalized spacial score (nSPS) is 10.4. The van der Waals surface area contributed by atoms with E-state index in [0.29, 0.717) is 5.95 Å². The Balaban J connectivity index is 2.18. The minimum Gasteiger partial charge on any atom is -0.367 e. The van der Waals surface area contributed by atoms with E-state index in [-0.39, 0.29) is 0 Å². The standard InChI is InChI=1S/C10H12N4/c1-7-3-2-4-8(5-7)6-9-12-10(11)14-13-9/h2-5H,6H2,1H3,(H3,11,12,13,14). The number of nitrogens with zero attached hydrogens (tertiary/aromatic N) is 2. The maximum Gasteiger partial charge on any atom is 0.239 e. The van der Waals surface area contributed by atoms with Gasteiger partial charge in [-0.3, -0.25) is 5.10 Å². The smallest absolute Gasteiger partial charge is 0.239 e. The van der Waals surface area contributed by atoms with Crippen LogP contribution in [0.15, 0.2) is 24.3 Å². The van der Waals surface area contributed by atoms with Crippen LogP contribution in [0.3, 0.4) is 0 Å². The second-order valence-electron chi connectivity index (χ2n) is 3.31. The number of nitrogen functional groups attached to an aromatic ring is 1. The quantitative estimate of drug-likeness (QED) is 0.746. The van der Waals surface area contributed by atoms with Crippen molar-refractivity contribution in [3.8, 4) is 0 Å². The first kappa shape index (κ1) is 8.74. The number of hydrogen-bond donors (Lipinski definition) is 2. The molecule has 4 nitrogen and oxygen atoms in total. The molecular formula is C10H12N4. The van der Waals surface area contributed by atoms with Crippen LogP contribution in [0.25, 0.3) is 0 Å². The summed E-state index contributed by atoms with van der Waals surface area (Å²) in [5, 5.41) is 6.56. The Hall–Kier alpha value is -1.84. The summed E-state index contributed by atoms with van der Waals surface area (Å²) in [5.74, 6) is 1.10. The number of nitrogens with two attached hydrogens (primary N) is 1. The molecule has 0 saturated heterocycles. The van der Waals surface area contributed by atoms with Crippen LogP contribution in [0, 0.1) is 6.92 Å². The van der Waals surface area contributed by atoms with Gasteiger partial charge in [0.25, 0.3) is 0 Å². The van der Waals surface area contributed by atoms with Gasteiger partial charge in [-0.2, -0.15) is 4.98 Å². The molecule has 72 valence electrons. The fourth-order valence-corrected chi connectivity index (χ4v) is 1.40. The summed E-state index contributed by atoms with van der Waals surface area (Å²) >= 11 is 0. The molecule has 0 aliphatic carbocycles. The topological polar surface area (TPSA) is 67.6 Å². The second kappa shape index (κ2) is 3.49. The lowest BCUT2D eigenvalue weighted by Crippen LogP contribution is -1.91. The molecule has 3 N–H and O–H groups in total. The number of anilines is 1. The van der Waals surface area contributed by atoms with E-state index in [2.05, 4.69) is 40.3 Å². The molecule has 0 unspecified atom stereocenters. The second-order valence-corrected chi connectivity index (χ2v) is 3.31. The van der Waals surface area contributed by atoms with Crippen molar-refractivity contribution in [1.29, 1.82) is 0 Å². The van der Waals surface area contributed by atoms with Gasteiger partial charge in [-0.05, 0) is 12.5 Å². The molecule has 4 heteroatoms. The largest absolute Gasteiger partial charge is 0.367 e. The molecule has 1 aromatic heterocycles. The fraction of sp³-hybridized carbons (Fsp3) is 0.200. The molecule has 14 heavy (non-hydrogen) atoms. The molecule has 0 spiro atoms. The van der Waals surface area contributed by atoms with Gasteiger partial charge < -0.3 is 5.73 Å². The Morgan fingerprint density at radius 2 is 2.29 bits per heavy atom. The summed E-state index contributed by atoms with van der Waals surface area (Å²) in [7, 11) is 0. The zero-order valence-electron chi connectivity index (χ0n) is 7.99. The Bertz CT molecular complexity index is 433. The minimum absolute atomic E-state index is 0.299. The van der Waals surface area contributed by atoms with Crippen molar-refractivity contribution in [2.75, 3.05) is 5.73 Å². The molecule has 1 heterocycles. The van der Waals surface area contributed by atoms with Crippen molar-refractivity contribution in [2.24, 2.45) is 0 Å². The van der Waals surface area contributed by atoms with Crippen LogP contribution in [0.2, 0.25) is 0 Å². The average Bonchev–Trinajstić information content (AvgIpc) is 2.51. The number of rotatable bonds is 2. The van der Waals surface area contributed by atoms with E-state index < -0.39 is 0 Å². The number of hydrogen-bond acceptors (Lipinski definition) is 3. The maximum atomic E-state index is 5.41. The van der Waals surface area contributed by atoms with E-state index in [9.17, 15) is 0 Å². The predicted octanol–water partition coefficient (Wildman–Crippen LogP) is 1.29. The maximum absolute atomic E-state index is 5.41. The number of aromatic amines is 1. The zero-order chi connectivity index (χ0) is 9.97. The molecule has 2 rings (SSSR count). The molecular weight excluding hydrogens is 176 g/mol. The van der Waals surface area contributed by atoms with Crippen molar-refractivity contribution < 1.29 is 0 Å². The van der Waals surface area contributed by atoms with Gasteiger partial charge in [0, 0.05) is 6.42 Å². The first-order valence-electron chi connectivity index (χ1n) is 4.46. The van der Waals surface area contributed by atoms with Gasteiger partial charge in [0.15, 0.2) is 0 Å². The van der Waals surface area contributed by atoms with E-state index in [0.717, 1.165) is 12.2 Å². The van der Waals surface area contributed by atoms with E-state index in [4.69, 9.17) is 5.73 Å². The Morgan fingerprint density at radius 3 is 2.93 bits per heavy atom. The Morgan fingerprint density at radius 1 is 1.43 bits per heavy atom. The van der Waals surface area contributed by atoms with Gasteiger partial charge in [-0.15, -0.1) is 5.10 Å². The van der Waals surface area contributed by atoms with Crippen LogP contribution in [-0.4, -0.2) is 15.2 Å². The van der Waals surface area contributed by atoms with E-state index in [1.807, 2.05) is 6.07 Å². The minimum atomic E-state index is 0.299. The summed E-state index contributed by atoms with van der Waals surface area (Å²) in [4.78, 5) is 4.05. The molecule has 0 radical (unpaired) electrons. The monoisotopic (exact) mass is 188 g/mol. The Labute approximate surface area is 82.2 Å². The number of aryl methyl sites for hydroxylation is 1. The molecule has 0 aliphatic rings. The van der Waals surface area contributed by atoms with Gasteiger partial charge in [0.1, 0.15) is 5.82 Å². The van der Waals surface area contributed by atoms with Crippen LogP contribution in [0.1, 0.15) is 17.0 Å². The molecule has 0 bridgehead atoms. The lowest BCUT2D eigenvalue weighted by Gasteiger charge is -1.98. The fourth-order valence-electron chi connectivity index (χ4n) is 1.40.